The van der Waals surface area contributed by atoms with Gasteiger partial charge in [-0.1, -0.05) is 18.2 Å². The fourth-order valence-electron chi connectivity index (χ4n) is 7.41. The van der Waals surface area contributed by atoms with Gasteiger partial charge in [-0.25, -0.2) is 4.79 Å². The molecule has 1 aliphatic heterocycles. The van der Waals surface area contributed by atoms with Gasteiger partial charge in [0.1, 0.15) is 6.04 Å². The van der Waals surface area contributed by atoms with Crippen molar-refractivity contribution in [3.05, 3.63) is 30.3 Å². The lowest BCUT2D eigenvalue weighted by Gasteiger charge is -2.56. The average Bonchev–Trinajstić information content (AvgIpc) is 3.23. The van der Waals surface area contributed by atoms with Crippen LogP contribution in [0.4, 0.5) is 5.69 Å². The van der Waals surface area contributed by atoms with Crippen molar-refractivity contribution in [2.24, 2.45) is 23.2 Å². The first-order valence-electron chi connectivity index (χ1n) is 12.8. The van der Waals surface area contributed by atoms with Crippen LogP contribution in [0, 0.1) is 34.5 Å². The van der Waals surface area contributed by atoms with Crippen molar-refractivity contribution >= 4 is 23.5 Å². The molecule has 5 aliphatic rings. The molecule has 0 spiro atoms. The predicted molar refractivity (Wildman–Crippen MR) is 127 cm³/mol. The number of hydrogen-bond donors (Lipinski definition) is 1. The highest BCUT2D eigenvalue weighted by Gasteiger charge is 2.57. The number of β-amino-alcohol motifs (C(OH)–C–C–N with tert-alkyl or cyclic N) is 1. The van der Waals surface area contributed by atoms with E-state index in [-0.39, 0.29) is 31.8 Å². The summed E-state index contributed by atoms with van der Waals surface area (Å²) in [5.74, 6) is 0.689. The maximum Gasteiger partial charge on any atom is 0.329 e. The van der Waals surface area contributed by atoms with Crippen molar-refractivity contribution in [1.82, 2.24) is 4.90 Å². The van der Waals surface area contributed by atoms with Gasteiger partial charge in [-0.15, -0.1) is 0 Å². The number of carbonyl (C=O) groups is 3. The largest absolute Gasteiger partial charge is 0.454 e. The van der Waals surface area contributed by atoms with E-state index in [1.807, 2.05) is 12.1 Å². The Morgan fingerprint density at radius 1 is 1.06 bits per heavy atom. The Labute approximate surface area is 205 Å². The molecule has 4 bridgehead atoms. The number of hydrogen-bond acceptors (Lipinski definition) is 6. The molecule has 1 aromatic carbocycles. The van der Waals surface area contributed by atoms with Crippen LogP contribution in [0.1, 0.15) is 51.4 Å². The van der Waals surface area contributed by atoms with E-state index in [2.05, 4.69) is 0 Å². The molecule has 4 saturated carbocycles. The Bertz CT molecular complexity index is 984. The maximum absolute atomic E-state index is 13.8. The summed E-state index contributed by atoms with van der Waals surface area (Å²) in [6.45, 7) is -0.159. The summed E-state index contributed by atoms with van der Waals surface area (Å²) in [6, 6.07) is 10.1. The normalized spacial score (nSPS) is 32.8. The third kappa shape index (κ3) is 4.66. The van der Waals surface area contributed by atoms with E-state index in [9.17, 15) is 19.5 Å². The highest BCUT2D eigenvalue weighted by molar-refractivity contribution is 5.96. The van der Waals surface area contributed by atoms with Crippen molar-refractivity contribution in [2.75, 3.05) is 24.6 Å². The number of para-hydroxylation sites is 1. The fraction of sp³-hybridized carbons (Fsp3) is 0.630. The van der Waals surface area contributed by atoms with Gasteiger partial charge in [-0.05, 0) is 68.4 Å². The highest BCUT2D eigenvalue weighted by atomic mass is 16.5. The quantitative estimate of drug-likeness (QED) is 0.602. The van der Waals surface area contributed by atoms with E-state index < -0.39 is 36.0 Å². The van der Waals surface area contributed by atoms with Gasteiger partial charge in [0.15, 0.2) is 6.61 Å². The van der Waals surface area contributed by atoms with Crippen LogP contribution in [0.5, 0.6) is 0 Å². The van der Waals surface area contributed by atoms with E-state index in [4.69, 9.17) is 10.00 Å². The Balaban J connectivity index is 1.25. The molecule has 8 nitrogen and oxygen atoms in total. The SMILES string of the molecule is N#CCCN(C(=O)COC(=O)[C@@H]1CC(O)CN1C(=O)C12CC3CC(CC(C3)C1)C2)c1ccccc1. The predicted octanol–water partition coefficient (Wildman–Crippen LogP) is 2.65. The second-order valence-electron chi connectivity index (χ2n) is 11.0. The van der Waals surface area contributed by atoms with Gasteiger partial charge in [0.05, 0.1) is 24.0 Å². The summed E-state index contributed by atoms with van der Waals surface area (Å²) in [7, 11) is 0. The van der Waals surface area contributed by atoms with Gasteiger partial charge in [0.25, 0.3) is 5.91 Å². The topological polar surface area (TPSA) is 111 Å². The number of amides is 2. The van der Waals surface area contributed by atoms with Crippen molar-refractivity contribution in [3.63, 3.8) is 0 Å². The molecular formula is C27H33N3O5. The molecule has 1 heterocycles. The molecule has 35 heavy (non-hydrogen) atoms. The number of benzene rings is 1. The van der Waals surface area contributed by atoms with Gasteiger partial charge in [-0.3, -0.25) is 9.59 Å². The van der Waals surface area contributed by atoms with Crippen LogP contribution in [-0.2, 0) is 19.1 Å². The summed E-state index contributed by atoms with van der Waals surface area (Å²) in [6.07, 6.45) is 5.79. The zero-order valence-electron chi connectivity index (χ0n) is 20.0. The summed E-state index contributed by atoms with van der Waals surface area (Å²) in [5.41, 5.74) is 0.216. The van der Waals surface area contributed by atoms with Crippen molar-refractivity contribution in [2.45, 2.75) is 63.5 Å². The molecule has 1 N–H and O–H groups in total. The smallest absolute Gasteiger partial charge is 0.329 e. The molecule has 0 radical (unpaired) electrons. The van der Waals surface area contributed by atoms with Crippen molar-refractivity contribution < 1.29 is 24.2 Å². The highest BCUT2D eigenvalue weighted by Crippen LogP contribution is 2.60. The minimum absolute atomic E-state index is 0.0126. The zero-order valence-corrected chi connectivity index (χ0v) is 20.0. The lowest BCUT2D eigenvalue weighted by atomic mass is 9.49. The number of nitriles is 1. The van der Waals surface area contributed by atoms with Gasteiger partial charge in [-0.2, -0.15) is 5.26 Å². The molecule has 1 saturated heterocycles. The monoisotopic (exact) mass is 479 g/mol. The standard InChI is InChI=1S/C27H33N3O5/c28-7-4-8-29(21-5-2-1-3-6-21)24(32)17-35-25(33)23-12-22(31)16-30(23)26(34)27-13-18-9-19(14-27)11-20(10-18)15-27/h1-3,5-6,18-20,22-23,31H,4,8-17H2/t18?,19?,20?,22?,23-,27?/m0/s1. The average molecular weight is 480 g/mol. The fourth-order valence-corrected chi connectivity index (χ4v) is 7.41. The third-order valence-electron chi connectivity index (χ3n) is 8.46. The summed E-state index contributed by atoms with van der Waals surface area (Å²) in [5, 5.41) is 19.3. The number of esters is 1. The van der Waals surface area contributed by atoms with Crippen LogP contribution >= 0.6 is 0 Å². The Morgan fingerprint density at radius 3 is 2.29 bits per heavy atom. The van der Waals surface area contributed by atoms with E-state index >= 15 is 0 Å². The van der Waals surface area contributed by atoms with Crippen molar-refractivity contribution in [3.8, 4) is 6.07 Å². The second kappa shape index (κ2) is 9.62. The minimum Gasteiger partial charge on any atom is -0.454 e. The molecule has 6 rings (SSSR count). The minimum atomic E-state index is -0.873. The van der Waals surface area contributed by atoms with Gasteiger partial charge in [0, 0.05) is 25.2 Å². The Kier molecular flexibility index (Phi) is 6.54. The number of rotatable bonds is 7. The molecule has 2 amide bonds. The number of aliphatic hydroxyl groups excluding tert-OH is 1. The number of nitrogens with zero attached hydrogens (tertiary/aromatic N) is 3. The van der Waals surface area contributed by atoms with Crippen LogP contribution in [0.25, 0.3) is 0 Å². The van der Waals surface area contributed by atoms with Crippen molar-refractivity contribution in [1.29, 1.82) is 5.26 Å². The Hall–Kier alpha value is -2.92. The number of aliphatic hydroxyl groups is 1. The van der Waals surface area contributed by atoms with Gasteiger partial charge < -0.3 is 19.6 Å². The summed E-state index contributed by atoms with van der Waals surface area (Å²) >= 11 is 0. The molecule has 0 aromatic heterocycles. The summed E-state index contributed by atoms with van der Waals surface area (Å²) in [4.78, 5) is 42.7. The first-order chi connectivity index (χ1) is 16.9. The molecular weight excluding hydrogens is 446 g/mol. The molecule has 1 unspecified atom stereocenters. The zero-order chi connectivity index (χ0) is 24.6. The molecule has 8 heteroatoms. The van der Waals surface area contributed by atoms with Gasteiger partial charge in [0.2, 0.25) is 5.91 Å². The molecule has 1 aromatic rings. The third-order valence-corrected chi connectivity index (χ3v) is 8.46. The first-order valence-corrected chi connectivity index (χ1v) is 12.8. The van der Waals surface area contributed by atoms with Crippen LogP contribution in [0.3, 0.4) is 0 Å². The van der Waals surface area contributed by atoms with E-state index in [0.717, 1.165) is 19.3 Å². The second-order valence-corrected chi connectivity index (χ2v) is 11.0. The van der Waals surface area contributed by atoms with Crippen LogP contribution in [0.2, 0.25) is 0 Å². The summed E-state index contributed by atoms with van der Waals surface area (Å²) < 4.78 is 5.40. The van der Waals surface area contributed by atoms with Crippen LogP contribution in [0.15, 0.2) is 30.3 Å². The molecule has 2 atom stereocenters. The molecule has 5 fully saturated rings. The first kappa shape index (κ1) is 23.8. The lowest BCUT2D eigenvalue weighted by Crippen LogP contribution is -2.56. The number of likely N-dealkylation sites (tertiary alicyclic amines) is 1. The molecule has 4 aliphatic carbocycles. The number of carbonyl (C=O) groups excluding carboxylic acids is 3. The molecule has 186 valence electrons. The Morgan fingerprint density at radius 2 is 1.69 bits per heavy atom. The van der Waals surface area contributed by atoms with Gasteiger partial charge >= 0.3 is 5.97 Å². The number of anilines is 1. The lowest BCUT2D eigenvalue weighted by molar-refractivity contribution is -0.166. The van der Waals surface area contributed by atoms with Crippen LogP contribution in [-0.4, -0.2) is 59.6 Å². The van der Waals surface area contributed by atoms with E-state index in [0.29, 0.717) is 23.4 Å². The number of ether oxygens (including phenoxy) is 1. The van der Waals surface area contributed by atoms with E-state index in [1.165, 1.54) is 29.1 Å². The van der Waals surface area contributed by atoms with E-state index in [1.54, 1.807) is 24.3 Å². The van der Waals surface area contributed by atoms with Crippen LogP contribution < -0.4 is 4.90 Å². The maximum atomic E-state index is 13.8.